The van der Waals surface area contributed by atoms with Crippen LogP contribution in [0.5, 0.6) is 0 Å². The Labute approximate surface area is 202 Å². The van der Waals surface area contributed by atoms with Crippen molar-refractivity contribution < 1.29 is 14.1 Å². The number of H-pyrrole nitrogens is 1. The van der Waals surface area contributed by atoms with Crippen LogP contribution in [0.1, 0.15) is 12.5 Å². The number of nitrogen functional groups attached to an aromatic ring is 1. The first kappa shape index (κ1) is 24.2. The van der Waals surface area contributed by atoms with Gasteiger partial charge in [0.1, 0.15) is 11.6 Å². The lowest BCUT2D eigenvalue weighted by Crippen LogP contribution is -3.16. The molecule has 3 aromatic rings. The number of hydrogen-bond acceptors (Lipinski definition) is 5. The van der Waals surface area contributed by atoms with E-state index in [2.05, 4.69) is 4.98 Å². The molecule has 1 saturated heterocycles. The summed E-state index contributed by atoms with van der Waals surface area (Å²) in [5.41, 5.74) is 6.35. The SMILES string of the molecule is CCN(C(=O)C[NH+]1CCN(c2ccccc2F)CC1)c1c(N)n(Cc2ccccc2)c(=O)[nH]c1=O. The number of hydrogen-bond donors (Lipinski definition) is 3. The van der Waals surface area contributed by atoms with Gasteiger partial charge >= 0.3 is 5.69 Å². The van der Waals surface area contributed by atoms with Gasteiger partial charge < -0.3 is 15.5 Å². The molecule has 35 heavy (non-hydrogen) atoms. The largest absolute Gasteiger partial charge is 0.383 e. The molecule has 0 radical (unpaired) electrons. The summed E-state index contributed by atoms with van der Waals surface area (Å²) in [5.74, 6) is -0.564. The van der Waals surface area contributed by atoms with Crippen LogP contribution < -0.4 is 31.7 Å². The van der Waals surface area contributed by atoms with Gasteiger partial charge in [-0.2, -0.15) is 0 Å². The lowest BCUT2D eigenvalue weighted by atomic mass is 10.2. The van der Waals surface area contributed by atoms with Crippen LogP contribution in [0.15, 0.2) is 64.2 Å². The van der Waals surface area contributed by atoms with Crippen LogP contribution in [0.25, 0.3) is 0 Å². The summed E-state index contributed by atoms with van der Waals surface area (Å²) in [6, 6.07) is 15.9. The summed E-state index contributed by atoms with van der Waals surface area (Å²) in [4.78, 5) is 45.1. The van der Waals surface area contributed by atoms with Crippen molar-refractivity contribution in [1.29, 1.82) is 0 Å². The number of benzene rings is 2. The first-order chi connectivity index (χ1) is 16.9. The molecule has 2 heterocycles. The van der Waals surface area contributed by atoms with Crippen molar-refractivity contribution in [2.75, 3.05) is 54.8 Å². The zero-order chi connectivity index (χ0) is 24.9. The highest BCUT2D eigenvalue weighted by Crippen LogP contribution is 2.19. The van der Waals surface area contributed by atoms with Crippen LogP contribution in [0.4, 0.5) is 21.6 Å². The molecule has 2 aromatic carbocycles. The van der Waals surface area contributed by atoms with Crippen molar-refractivity contribution in [3.8, 4) is 0 Å². The van der Waals surface area contributed by atoms with E-state index in [-0.39, 0.29) is 42.9 Å². The minimum absolute atomic E-state index is 0.0163. The summed E-state index contributed by atoms with van der Waals surface area (Å²) >= 11 is 0. The standard InChI is InChI=1S/C25H29FN6O3/c1-2-31(21(33)17-29-12-14-30(15-13-29)20-11-7-6-10-19(20)26)22-23(27)32(25(35)28-24(22)34)16-18-8-4-3-5-9-18/h3-11H,2,12-17,27H2,1H3,(H,28,34,35)/p+1. The van der Waals surface area contributed by atoms with Gasteiger partial charge in [0.05, 0.1) is 38.4 Å². The van der Waals surface area contributed by atoms with Crippen molar-refractivity contribution in [3.05, 3.63) is 86.8 Å². The Balaban J connectivity index is 1.49. The normalized spacial score (nSPS) is 14.2. The average Bonchev–Trinajstić information content (AvgIpc) is 2.86. The molecule has 1 amide bonds. The van der Waals surface area contributed by atoms with E-state index in [0.717, 1.165) is 10.5 Å². The first-order valence-electron chi connectivity index (χ1n) is 11.7. The Kier molecular flexibility index (Phi) is 7.31. The van der Waals surface area contributed by atoms with Crippen LogP contribution in [0, 0.1) is 5.82 Å². The highest BCUT2D eigenvalue weighted by molar-refractivity contribution is 5.96. The summed E-state index contributed by atoms with van der Waals surface area (Å²) in [7, 11) is 0. The van der Waals surface area contributed by atoms with E-state index >= 15 is 0 Å². The fourth-order valence-electron chi connectivity index (χ4n) is 4.48. The second-order valence-electron chi connectivity index (χ2n) is 8.57. The third kappa shape index (κ3) is 5.27. The number of amides is 1. The number of quaternary nitrogens is 1. The first-order valence-corrected chi connectivity index (χ1v) is 11.7. The van der Waals surface area contributed by atoms with Crippen LogP contribution >= 0.6 is 0 Å². The maximum atomic E-state index is 14.1. The van der Waals surface area contributed by atoms with Crippen LogP contribution in [0.2, 0.25) is 0 Å². The number of likely N-dealkylation sites (N-methyl/N-ethyl adjacent to an activating group) is 1. The number of aromatic amines is 1. The smallest absolute Gasteiger partial charge is 0.330 e. The number of nitrogens with one attached hydrogen (secondary N) is 2. The summed E-state index contributed by atoms with van der Waals surface area (Å²) < 4.78 is 15.4. The molecule has 0 saturated carbocycles. The highest BCUT2D eigenvalue weighted by Gasteiger charge is 2.29. The van der Waals surface area contributed by atoms with Crippen molar-refractivity contribution in [3.63, 3.8) is 0 Å². The van der Waals surface area contributed by atoms with Gasteiger partial charge in [0, 0.05) is 6.54 Å². The zero-order valence-corrected chi connectivity index (χ0v) is 19.7. The lowest BCUT2D eigenvalue weighted by Gasteiger charge is -2.34. The van der Waals surface area contributed by atoms with Gasteiger partial charge in [-0.3, -0.25) is 24.0 Å². The van der Waals surface area contributed by atoms with Crippen molar-refractivity contribution in [1.82, 2.24) is 9.55 Å². The quantitative estimate of drug-likeness (QED) is 0.443. The minimum Gasteiger partial charge on any atom is -0.383 e. The van der Waals surface area contributed by atoms with Crippen LogP contribution in [-0.2, 0) is 11.3 Å². The zero-order valence-electron chi connectivity index (χ0n) is 19.7. The molecular formula is C25H30FN6O3+. The number of aromatic nitrogens is 2. The third-order valence-electron chi connectivity index (χ3n) is 6.35. The van der Waals surface area contributed by atoms with Gasteiger partial charge in [0.15, 0.2) is 12.2 Å². The number of nitrogens with two attached hydrogens (primary N) is 1. The molecular weight excluding hydrogens is 451 g/mol. The molecule has 0 atom stereocenters. The predicted octanol–water partition coefficient (Wildman–Crippen LogP) is 0.0642. The van der Waals surface area contributed by atoms with E-state index in [1.807, 2.05) is 35.2 Å². The third-order valence-corrected chi connectivity index (χ3v) is 6.35. The second-order valence-corrected chi connectivity index (χ2v) is 8.57. The van der Waals surface area contributed by atoms with E-state index in [1.54, 1.807) is 25.1 Å². The Bertz CT molecular complexity index is 1300. The van der Waals surface area contributed by atoms with Gasteiger partial charge in [-0.05, 0) is 24.6 Å². The summed E-state index contributed by atoms with van der Waals surface area (Å²) in [5, 5.41) is 0. The predicted molar refractivity (Wildman–Crippen MR) is 133 cm³/mol. The number of anilines is 3. The Hall–Kier alpha value is -3.92. The number of para-hydroxylation sites is 1. The molecule has 10 heteroatoms. The highest BCUT2D eigenvalue weighted by atomic mass is 19.1. The van der Waals surface area contributed by atoms with Gasteiger partial charge in [-0.15, -0.1) is 0 Å². The number of carbonyl (C=O) groups is 1. The average molecular weight is 482 g/mol. The number of halogens is 1. The summed E-state index contributed by atoms with van der Waals surface area (Å²) in [6.07, 6.45) is 0. The van der Waals surface area contributed by atoms with E-state index < -0.39 is 11.2 Å². The maximum Gasteiger partial charge on any atom is 0.330 e. The van der Waals surface area contributed by atoms with Gasteiger partial charge in [0.25, 0.3) is 11.5 Å². The molecule has 4 rings (SSSR count). The van der Waals surface area contributed by atoms with Gasteiger partial charge in [0.2, 0.25) is 0 Å². The molecule has 0 bridgehead atoms. The molecule has 0 spiro atoms. The van der Waals surface area contributed by atoms with Gasteiger partial charge in [-0.1, -0.05) is 42.5 Å². The van der Waals surface area contributed by atoms with Crippen molar-refractivity contribution in [2.24, 2.45) is 0 Å². The van der Waals surface area contributed by atoms with Crippen LogP contribution in [0.3, 0.4) is 0 Å². The molecule has 0 unspecified atom stereocenters. The van der Waals surface area contributed by atoms with E-state index in [0.29, 0.717) is 31.9 Å². The fraction of sp³-hybridized carbons (Fsp3) is 0.320. The van der Waals surface area contributed by atoms with E-state index in [1.165, 1.54) is 15.5 Å². The van der Waals surface area contributed by atoms with Gasteiger partial charge in [-0.25, -0.2) is 9.18 Å². The molecule has 4 N–H and O–H groups in total. The Morgan fingerprint density at radius 3 is 2.40 bits per heavy atom. The number of nitrogens with zero attached hydrogens (tertiary/aromatic N) is 3. The minimum atomic E-state index is -0.689. The second kappa shape index (κ2) is 10.6. The topological polar surface area (TPSA) is 109 Å². The van der Waals surface area contributed by atoms with Crippen molar-refractivity contribution >= 4 is 23.1 Å². The van der Waals surface area contributed by atoms with E-state index in [9.17, 15) is 18.8 Å². The molecule has 1 fully saturated rings. The fourth-order valence-corrected chi connectivity index (χ4v) is 4.48. The number of piperazine rings is 1. The number of rotatable bonds is 7. The summed E-state index contributed by atoms with van der Waals surface area (Å²) in [6.45, 7) is 4.84. The molecule has 0 aliphatic carbocycles. The maximum absolute atomic E-state index is 14.1. The molecule has 184 valence electrons. The van der Waals surface area contributed by atoms with Crippen LogP contribution in [-0.4, -0.2) is 54.7 Å². The molecule has 1 aromatic heterocycles. The molecule has 9 nitrogen and oxygen atoms in total. The van der Waals surface area contributed by atoms with E-state index in [4.69, 9.17) is 5.73 Å². The lowest BCUT2D eigenvalue weighted by molar-refractivity contribution is -0.892. The molecule has 1 aliphatic rings. The Morgan fingerprint density at radius 2 is 1.74 bits per heavy atom. The molecule has 1 aliphatic heterocycles. The van der Waals surface area contributed by atoms with Crippen molar-refractivity contribution in [2.45, 2.75) is 13.5 Å². The number of carbonyl (C=O) groups excluding carboxylic acids is 1. The Morgan fingerprint density at radius 1 is 1.09 bits per heavy atom. The monoisotopic (exact) mass is 481 g/mol.